The van der Waals surface area contributed by atoms with Crippen LogP contribution in [0, 0.1) is 0 Å². The molecule has 0 radical (unpaired) electrons. The molecule has 0 aliphatic heterocycles. The Morgan fingerprint density at radius 1 is 0.838 bits per heavy atom. The minimum atomic E-state index is -4.99. The number of aliphatic carboxylic acids is 1. The van der Waals surface area contributed by atoms with E-state index in [1.807, 2.05) is 0 Å². The van der Waals surface area contributed by atoms with E-state index < -0.39 is 42.0 Å². The van der Waals surface area contributed by atoms with Crippen LogP contribution in [0.15, 0.2) is 60.7 Å². The van der Waals surface area contributed by atoms with Crippen LogP contribution >= 0.6 is 0 Å². The molecule has 37 heavy (non-hydrogen) atoms. The lowest BCUT2D eigenvalue weighted by molar-refractivity contribution is -0.143. The predicted octanol–water partition coefficient (Wildman–Crippen LogP) is 6.19. The van der Waals surface area contributed by atoms with E-state index in [-0.39, 0.29) is 18.1 Å². The minimum absolute atomic E-state index is 0.0243. The molecule has 0 aromatic heterocycles. The predicted molar refractivity (Wildman–Crippen MR) is 123 cm³/mol. The summed E-state index contributed by atoms with van der Waals surface area (Å²) in [5.74, 6) is -0.175. The van der Waals surface area contributed by atoms with Gasteiger partial charge < -0.3 is 19.9 Å². The molecule has 0 saturated carbocycles. The van der Waals surface area contributed by atoms with Gasteiger partial charge in [0.1, 0.15) is 17.5 Å². The number of alkyl halides is 6. The molecule has 0 heterocycles. The number of carbonyl (C=O) groups is 1. The summed E-state index contributed by atoms with van der Waals surface area (Å²) < 4.78 is 89.4. The average molecular weight is 527 g/mol. The fourth-order valence-corrected chi connectivity index (χ4v) is 3.79. The van der Waals surface area contributed by atoms with Gasteiger partial charge in [0.2, 0.25) is 0 Å². The van der Waals surface area contributed by atoms with Crippen molar-refractivity contribution in [2.75, 3.05) is 14.2 Å². The van der Waals surface area contributed by atoms with Crippen molar-refractivity contribution in [1.29, 1.82) is 0 Å². The first kappa shape index (κ1) is 27.9. The Morgan fingerprint density at radius 2 is 1.35 bits per heavy atom. The maximum absolute atomic E-state index is 13.1. The van der Waals surface area contributed by atoms with Crippen LogP contribution in [-0.2, 0) is 30.1 Å². The van der Waals surface area contributed by atoms with Crippen molar-refractivity contribution >= 4 is 5.97 Å². The molecule has 0 saturated heterocycles. The molecule has 5 nitrogen and oxygen atoms in total. The zero-order valence-corrected chi connectivity index (χ0v) is 19.7. The SMILES string of the molecule is COc1cccc(OC)c1-c1ccc(C[C@H](NCc2cc(C(F)(F)F)cc(C(F)(F)F)c2)C(=O)O)cc1. The Balaban J connectivity index is 1.80. The molecule has 1 atom stereocenters. The molecule has 3 aromatic carbocycles. The molecule has 0 amide bonds. The van der Waals surface area contributed by atoms with Crippen molar-refractivity contribution in [3.63, 3.8) is 0 Å². The number of hydrogen-bond acceptors (Lipinski definition) is 4. The molecule has 0 bridgehead atoms. The second-order valence-corrected chi connectivity index (χ2v) is 8.12. The molecule has 2 N–H and O–H groups in total. The van der Waals surface area contributed by atoms with Crippen molar-refractivity contribution in [3.05, 3.63) is 82.9 Å². The van der Waals surface area contributed by atoms with Crippen molar-refractivity contribution in [1.82, 2.24) is 5.32 Å². The standard InChI is InChI=1S/C26H23F6NO4/c1-36-21-4-3-5-22(37-2)23(21)17-8-6-15(7-9-17)12-20(24(34)35)33-14-16-10-18(25(27,28)29)13-19(11-16)26(30,31)32/h3-11,13,20,33H,12,14H2,1-2H3,(H,34,35)/t20-/m0/s1. The Hall–Kier alpha value is -3.73. The van der Waals surface area contributed by atoms with E-state index in [1.54, 1.807) is 42.5 Å². The number of ether oxygens (including phenoxy) is 2. The van der Waals surface area contributed by atoms with Gasteiger partial charge in [0.15, 0.2) is 0 Å². The van der Waals surface area contributed by atoms with Crippen molar-refractivity contribution in [3.8, 4) is 22.6 Å². The maximum atomic E-state index is 13.1. The summed E-state index contributed by atoms with van der Waals surface area (Å²) in [6.45, 7) is -0.513. The van der Waals surface area contributed by atoms with Gasteiger partial charge in [-0.05, 0) is 53.4 Å². The van der Waals surface area contributed by atoms with Crippen LogP contribution in [0.2, 0.25) is 0 Å². The molecule has 11 heteroatoms. The number of benzene rings is 3. The number of halogens is 6. The molecular formula is C26H23F6NO4. The number of nitrogens with one attached hydrogen (secondary N) is 1. The van der Waals surface area contributed by atoms with Gasteiger partial charge in [0.25, 0.3) is 0 Å². The van der Waals surface area contributed by atoms with Gasteiger partial charge in [-0.15, -0.1) is 0 Å². The summed E-state index contributed by atoms with van der Waals surface area (Å²) in [4.78, 5) is 11.8. The van der Waals surface area contributed by atoms with E-state index in [4.69, 9.17) is 9.47 Å². The van der Waals surface area contributed by atoms with E-state index in [1.165, 1.54) is 14.2 Å². The lowest BCUT2D eigenvalue weighted by Gasteiger charge is -2.18. The van der Waals surface area contributed by atoms with Gasteiger partial charge in [-0.3, -0.25) is 4.79 Å². The van der Waals surface area contributed by atoms with E-state index in [0.29, 0.717) is 34.8 Å². The summed E-state index contributed by atoms with van der Waals surface area (Å²) in [6, 6.07) is 12.0. The van der Waals surface area contributed by atoms with Crippen molar-refractivity contribution in [2.45, 2.75) is 31.4 Å². The third kappa shape index (κ3) is 6.94. The molecular weight excluding hydrogens is 504 g/mol. The summed E-state index contributed by atoms with van der Waals surface area (Å²) in [5, 5.41) is 12.1. The zero-order valence-electron chi connectivity index (χ0n) is 19.7. The lowest BCUT2D eigenvalue weighted by Crippen LogP contribution is -2.38. The summed E-state index contributed by atoms with van der Waals surface area (Å²) in [6.07, 6.45) is -10.0. The van der Waals surface area contributed by atoms with Gasteiger partial charge >= 0.3 is 18.3 Å². The van der Waals surface area contributed by atoms with E-state index in [0.717, 1.165) is 5.56 Å². The van der Waals surface area contributed by atoms with Crippen LogP contribution in [-0.4, -0.2) is 31.3 Å². The van der Waals surface area contributed by atoms with Crippen molar-refractivity contribution in [2.24, 2.45) is 0 Å². The number of hydrogen-bond donors (Lipinski definition) is 2. The Bertz CT molecular complexity index is 1180. The van der Waals surface area contributed by atoms with E-state index >= 15 is 0 Å². The molecule has 0 spiro atoms. The van der Waals surface area contributed by atoms with Crippen molar-refractivity contribution < 1.29 is 45.7 Å². The highest BCUT2D eigenvalue weighted by Gasteiger charge is 2.37. The lowest BCUT2D eigenvalue weighted by atomic mass is 9.99. The molecule has 0 fully saturated rings. The first-order valence-corrected chi connectivity index (χ1v) is 10.9. The van der Waals surface area contributed by atoms with Crippen LogP contribution in [0.25, 0.3) is 11.1 Å². The quantitative estimate of drug-likeness (QED) is 0.325. The number of methoxy groups -OCH3 is 2. The highest BCUT2D eigenvalue weighted by molar-refractivity contribution is 5.77. The molecule has 3 rings (SSSR count). The maximum Gasteiger partial charge on any atom is 0.416 e. The third-order valence-corrected chi connectivity index (χ3v) is 5.61. The average Bonchev–Trinajstić information content (AvgIpc) is 2.85. The monoisotopic (exact) mass is 527 g/mol. The molecule has 3 aromatic rings. The van der Waals surface area contributed by atoms with Crippen LogP contribution in [0.3, 0.4) is 0 Å². The summed E-state index contributed by atoms with van der Waals surface area (Å²) in [5.41, 5.74) is -1.26. The fourth-order valence-electron chi connectivity index (χ4n) is 3.79. The molecule has 0 unspecified atom stereocenters. The number of rotatable bonds is 9. The molecule has 198 valence electrons. The van der Waals surface area contributed by atoms with Crippen LogP contribution in [0.1, 0.15) is 22.3 Å². The number of carboxylic acids is 1. The van der Waals surface area contributed by atoms with Gasteiger partial charge in [-0.25, -0.2) is 0 Å². The summed E-state index contributed by atoms with van der Waals surface area (Å²) >= 11 is 0. The topological polar surface area (TPSA) is 67.8 Å². The van der Waals surface area contributed by atoms with E-state index in [2.05, 4.69) is 5.32 Å². The van der Waals surface area contributed by atoms with Gasteiger partial charge in [-0.2, -0.15) is 26.3 Å². The second kappa shape index (κ2) is 11.1. The second-order valence-electron chi connectivity index (χ2n) is 8.12. The van der Waals surface area contributed by atoms with Crippen LogP contribution < -0.4 is 14.8 Å². The van der Waals surface area contributed by atoms with Crippen LogP contribution in [0.4, 0.5) is 26.3 Å². The molecule has 0 aliphatic carbocycles. The Labute approximate surface area is 208 Å². The van der Waals surface area contributed by atoms with Gasteiger partial charge in [-0.1, -0.05) is 30.3 Å². The van der Waals surface area contributed by atoms with Gasteiger partial charge in [0, 0.05) is 6.54 Å². The third-order valence-electron chi connectivity index (χ3n) is 5.61. The summed E-state index contributed by atoms with van der Waals surface area (Å²) in [7, 11) is 3.02. The first-order valence-electron chi connectivity index (χ1n) is 10.9. The largest absolute Gasteiger partial charge is 0.496 e. The minimum Gasteiger partial charge on any atom is -0.496 e. The van der Waals surface area contributed by atoms with Crippen LogP contribution in [0.5, 0.6) is 11.5 Å². The molecule has 0 aliphatic rings. The van der Waals surface area contributed by atoms with Gasteiger partial charge in [0.05, 0.1) is 30.9 Å². The smallest absolute Gasteiger partial charge is 0.416 e. The highest BCUT2D eigenvalue weighted by atomic mass is 19.4. The fraction of sp³-hybridized carbons (Fsp3) is 0.269. The Kier molecular flexibility index (Phi) is 8.37. The Morgan fingerprint density at radius 3 is 1.78 bits per heavy atom. The zero-order chi connectivity index (χ0) is 27.4. The highest BCUT2D eigenvalue weighted by Crippen LogP contribution is 2.38. The normalized spacial score (nSPS) is 12.8. The van der Waals surface area contributed by atoms with E-state index in [9.17, 15) is 36.2 Å². The first-order chi connectivity index (χ1) is 17.3. The number of carboxylic acid groups (broad SMARTS) is 1.